The van der Waals surface area contributed by atoms with Crippen molar-refractivity contribution in [2.45, 2.75) is 6.92 Å². The normalized spacial score (nSPS) is 10.2. The summed E-state index contributed by atoms with van der Waals surface area (Å²) >= 11 is 4.88. The molecule has 0 amide bonds. The molecule has 0 aliphatic carbocycles. The topological polar surface area (TPSA) is 26.3 Å². The molecule has 0 spiro atoms. The summed E-state index contributed by atoms with van der Waals surface area (Å²) in [6.45, 7) is 2.46. The van der Waals surface area contributed by atoms with Crippen molar-refractivity contribution in [2.75, 3.05) is 6.61 Å². The van der Waals surface area contributed by atoms with Crippen LogP contribution in [0.25, 0.3) is 0 Å². The molecule has 1 heterocycles. The van der Waals surface area contributed by atoms with Gasteiger partial charge in [0.05, 0.1) is 12.2 Å². The molecule has 2 aromatic rings. The van der Waals surface area contributed by atoms with Gasteiger partial charge in [-0.15, -0.1) is 0 Å². The van der Waals surface area contributed by atoms with E-state index in [9.17, 15) is 4.79 Å². The van der Waals surface area contributed by atoms with Crippen LogP contribution in [0.1, 0.15) is 22.8 Å². The van der Waals surface area contributed by atoms with Gasteiger partial charge in [-0.1, -0.05) is 12.1 Å². The van der Waals surface area contributed by atoms with Crippen LogP contribution in [-0.4, -0.2) is 12.4 Å². The van der Waals surface area contributed by atoms with E-state index in [-0.39, 0.29) is 5.78 Å². The van der Waals surface area contributed by atoms with Crippen LogP contribution in [0.5, 0.6) is 5.75 Å². The zero-order valence-corrected chi connectivity index (χ0v) is 11.7. The molecule has 88 valence electrons. The molecule has 0 aliphatic heterocycles. The van der Waals surface area contributed by atoms with Gasteiger partial charge in [-0.3, -0.25) is 4.79 Å². The molecule has 1 aromatic heterocycles. The number of ether oxygens (including phenoxy) is 1. The van der Waals surface area contributed by atoms with Crippen LogP contribution in [0.15, 0.2) is 39.5 Å². The van der Waals surface area contributed by atoms with Crippen LogP contribution >= 0.6 is 27.3 Å². The number of carbonyl (C=O) groups excluding carboxylic acids is 1. The Hall–Kier alpha value is -1.13. The highest BCUT2D eigenvalue weighted by Gasteiger charge is 2.17. The van der Waals surface area contributed by atoms with Crippen molar-refractivity contribution < 1.29 is 9.53 Å². The van der Waals surface area contributed by atoms with Crippen molar-refractivity contribution in [3.05, 3.63) is 50.6 Å². The molecule has 0 unspecified atom stereocenters. The monoisotopic (exact) mass is 310 g/mol. The van der Waals surface area contributed by atoms with Gasteiger partial charge in [0.1, 0.15) is 5.75 Å². The summed E-state index contributed by atoms with van der Waals surface area (Å²) < 4.78 is 6.30. The number of para-hydroxylation sites is 1. The van der Waals surface area contributed by atoms with Crippen LogP contribution in [0.4, 0.5) is 0 Å². The minimum atomic E-state index is -0.0119. The molecule has 0 N–H and O–H groups in total. The van der Waals surface area contributed by atoms with Crippen LogP contribution < -0.4 is 4.74 Å². The van der Waals surface area contributed by atoms with Gasteiger partial charge in [0, 0.05) is 20.8 Å². The zero-order valence-electron chi connectivity index (χ0n) is 9.27. The number of ketones is 1. The maximum atomic E-state index is 12.3. The molecule has 0 saturated carbocycles. The summed E-state index contributed by atoms with van der Waals surface area (Å²) in [5.41, 5.74) is 1.29. The Labute approximate surface area is 112 Å². The van der Waals surface area contributed by atoms with Gasteiger partial charge in [0.2, 0.25) is 0 Å². The van der Waals surface area contributed by atoms with Crippen molar-refractivity contribution in [2.24, 2.45) is 0 Å². The van der Waals surface area contributed by atoms with E-state index >= 15 is 0 Å². The van der Waals surface area contributed by atoms with Gasteiger partial charge in [0.15, 0.2) is 5.78 Å². The molecule has 2 nitrogen and oxygen atoms in total. The second-order valence-electron chi connectivity index (χ2n) is 3.39. The lowest BCUT2D eigenvalue weighted by Crippen LogP contribution is -2.04. The van der Waals surface area contributed by atoms with Gasteiger partial charge in [-0.2, -0.15) is 11.3 Å². The smallest absolute Gasteiger partial charge is 0.198 e. The molecule has 0 bridgehead atoms. The van der Waals surface area contributed by atoms with E-state index in [2.05, 4.69) is 15.9 Å². The van der Waals surface area contributed by atoms with E-state index in [4.69, 9.17) is 4.74 Å². The number of rotatable bonds is 4. The van der Waals surface area contributed by atoms with E-state index < -0.39 is 0 Å². The molecule has 0 saturated heterocycles. The van der Waals surface area contributed by atoms with Crippen LogP contribution in [0, 0.1) is 0 Å². The third kappa shape index (κ3) is 2.58. The number of hydrogen-bond donors (Lipinski definition) is 0. The first-order valence-electron chi connectivity index (χ1n) is 5.22. The average molecular weight is 311 g/mol. The number of benzene rings is 1. The predicted molar refractivity (Wildman–Crippen MR) is 73.1 cm³/mol. The molecule has 4 heteroatoms. The minimum absolute atomic E-state index is 0.0119. The third-order valence-electron chi connectivity index (χ3n) is 2.29. The Kier molecular flexibility index (Phi) is 3.97. The quantitative estimate of drug-likeness (QED) is 0.793. The Morgan fingerprint density at radius 2 is 2.06 bits per heavy atom. The van der Waals surface area contributed by atoms with Crippen LogP contribution in [0.2, 0.25) is 0 Å². The van der Waals surface area contributed by atoms with Crippen molar-refractivity contribution in [3.8, 4) is 5.75 Å². The second-order valence-corrected chi connectivity index (χ2v) is 4.99. The maximum Gasteiger partial charge on any atom is 0.198 e. The molecule has 0 radical (unpaired) electrons. The summed E-state index contributed by atoms with van der Waals surface area (Å²) in [4.78, 5) is 12.3. The van der Waals surface area contributed by atoms with E-state index in [0.29, 0.717) is 23.5 Å². The Bertz CT molecular complexity index is 534. The first-order valence-corrected chi connectivity index (χ1v) is 6.95. The zero-order chi connectivity index (χ0) is 12.3. The highest BCUT2D eigenvalue weighted by Crippen LogP contribution is 2.27. The standard InChI is InChI=1S/C13H11BrO2S/c1-2-16-12-6-4-3-5-9(12)13(15)10-7-17-8-11(10)14/h3-8H,2H2,1H3. The average Bonchev–Trinajstić information content (AvgIpc) is 2.76. The van der Waals surface area contributed by atoms with Crippen LogP contribution in [0.3, 0.4) is 0 Å². The maximum absolute atomic E-state index is 12.3. The van der Waals surface area contributed by atoms with E-state index in [1.165, 1.54) is 11.3 Å². The Morgan fingerprint density at radius 1 is 1.29 bits per heavy atom. The fourth-order valence-electron chi connectivity index (χ4n) is 1.52. The summed E-state index contributed by atoms with van der Waals surface area (Å²) in [7, 11) is 0. The predicted octanol–water partition coefficient (Wildman–Crippen LogP) is 4.14. The molecule has 1 aromatic carbocycles. The summed E-state index contributed by atoms with van der Waals surface area (Å²) in [6, 6.07) is 7.31. The number of carbonyl (C=O) groups is 1. The Balaban J connectivity index is 2.40. The minimum Gasteiger partial charge on any atom is -0.493 e. The Morgan fingerprint density at radius 3 is 2.71 bits per heavy atom. The van der Waals surface area contributed by atoms with Gasteiger partial charge in [-0.25, -0.2) is 0 Å². The largest absolute Gasteiger partial charge is 0.493 e. The molecule has 0 atom stereocenters. The first-order chi connectivity index (χ1) is 8.24. The van der Waals surface area contributed by atoms with E-state index in [0.717, 1.165) is 4.47 Å². The lowest BCUT2D eigenvalue weighted by Gasteiger charge is -2.08. The number of hydrogen-bond acceptors (Lipinski definition) is 3. The molecular weight excluding hydrogens is 300 g/mol. The van der Waals surface area contributed by atoms with Gasteiger partial charge < -0.3 is 4.74 Å². The molecule has 2 rings (SSSR count). The van der Waals surface area contributed by atoms with Crippen molar-refractivity contribution >= 4 is 33.0 Å². The molecule has 0 aliphatic rings. The fraction of sp³-hybridized carbons (Fsp3) is 0.154. The lowest BCUT2D eigenvalue weighted by molar-refractivity contribution is 0.103. The molecule has 0 fully saturated rings. The van der Waals surface area contributed by atoms with Gasteiger partial charge in [0.25, 0.3) is 0 Å². The van der Waals surface area contributed by atoms with E-state index in [1.54, 1.807) is 6.07 Å². The second kappa shape index (κ2) is 5.47. The summed E-state index contributed by atoms with van der Waals surface area (Å²) in [6.07, 6.45) is 0. The summed E-state index contributed by atoms with van der Waals surface area (Å²) in [5, 5.41) is 3.74. The first kappa shape index (κ1) is 12.3. The van der Waals surface area contributed by atoms with Crippen molar-refractivity contribution in [1.29, 1.82) is 0 Å². The highest BCUT2D eigenvalue weighted by atomic mass is 79.9. The third-order valence-corrected chi connectivity index (χ3v) is 3.99. The van der Waals surface area contributed by atoms with E-state index in [1.807, 2.05) is 35.9 Å². The fourth-order valence-corrected chi connectivity index (χ4v) is 2.98. The molecule has 17 heavy (non-hydrogen) atoms. The number of thiophene rings is 1. The highest BCUT2D eigenvalue weighted by molar-refractivity contribution is 9.10. The summed E-state index contributed by atoms with van der Waals surface area (Å²) in [5.74, 6) is 0.625. The van der Waals surface area contributed by atoms with Crippen LogP contribution in [-0.2, 0) is 0 Å². The number of halogens is 1. The SMILES string of the molecule is CCOc1ccccc1C(=O)c1cscc1Br. The van der Waals surface area contributed by atoms with Gasteiger partial charge >= 0.3 is 0 Å². The van der Waals surface area contributed by atoms with Crippen molar-refractivity contribution in [1.82, 2.24) is 0 Å². The van der Waals surface area contributed by atoms with Gasteiger partial charge in [-0.05, 0) is 35.0 Å². The molecular formula is C13H11BrO2S. The lowest BCUT2D eigenvalue weighted by atomic mass is 10.1. The van der Waals surface area contributed by atoms with Crippen molar-refractivity contribution in [3.63, 3.8) is 0 Å².